The summed E-state index contributed by atoms with van der Waals surface area (Å²) in [7, 11) is 0. The molecule has 0 spiro atoms. The molecule has 0 fully saturated rings. The maximum Gasteiger partial charge on any atom is 0.0813 e. The van der Waals surface area contributed by atoms with Gasteiger partial charge in [-0.15, -0.1) is 11.3 Å². The van der Waals surface area contributed by atoms with Gasteiger partial charge in [0.25, 0.3) is 0 Å². The van der Waals surface area contributed by atoms with E-state index in [1.54, 1.807) is 11.3 Å². The van der Waals surface area contributed by atoms with E-state index < -0.39 is 0 Å². The molecule has 0 aliphatic rings. The van der Waals surface area contributed by atoms with Crippen molar-refractivity contribution >= 4 is 27.2 Å². The van der Waals surface area contributed by atoms with Crippen LogP contribution >= 0.6 is 11.3 Å². The smallest absolute Gasteiger partial charge is 0.0813 e. The highest BCUT2D eigenvalue weighted by atomic mass is 32.1. The van der Waals surface area contributed by atoms with Crippen LogP contribution < -0.4 is 5.32 Å². The minimum absolute atomic E-state index is 0.298. The van der Waals surface area contributed by atoms with Crippen molar-refractivity contribution in [2.75, 3.05) is 18.5 Å². The number of nitrogens with zero attached hydrogens (tertiary/aromatic N) is 1. The first-order valence-corrected chi connectivity index (χ1v) is 6.46. The molecule has 0 saturated carbocycles. The molecule has 0 radical (unpaired) electrons. The van der Waals surface area contributed by atoms with E-state index in [0.29, 0.717) is 6.61 Å². The van der Waals surface area contributed by atoms with Crippen molar-refractivity contribution in [2.24, 2.45) is 0 Å². The molecular formula is C12H16N2OS. The van der Waals surface area contributed by atoms with Gasteiger partial charge in [-0.25, -0.2) is 4.98 Å². The van der Waals surface area contributed by atoms with E-state index in [1.807, 2.05) is 11.6 Å². The number of aliphatic hydroxyl groups is 1. The molecule has 1 aromatic carbocycles. The highest BCUT2D eigenvalue weighted by Crippen LogP contribution is 2.21. The zero-order valence-corrected chi connectivity index (χ0v) is 9.96. The number of aliphatic hydroxyl groups excluding tert-OH is 1. The summed E-state index contributed by atoms with van der Waals surface area (Å²) in [5.41, 5.74) is 4.09. The minimum Gasteiger partial charge on any atom is -0.396 e. The molecule has 0 amide bonds. The molecule has 1 aromatic heterocycles. The lowest BCUT2D eigenvalue weighted by Crippen LogP contribution is -2.01. The number of hydrogen-bond acceptors (Lipinski definition) is 4. The molecule has 0 unspecified atom stereocenters. The summed E-state index contributed by atoms with van der Waals surface area (Å²) in [6.45, 7) is 1.26. The molecular weight excluding hydrogens is 220 g/mol. The van der Waals surface area contributed by atoms with E-state index in [1.165, 1.54) is 4.70 Å². The molecule has 4 heteroatoms. The van der Waals surface area contributed by atoms with Crippen molar-refractivity contribution in [3.63, 3.8) is 0 Å². The van der Waals surface area contributed by atoms with Crippen LogP contribution in [0.4, 0.5) is 5.69 Å². The molecule has 0 aliphatic heterocycles. The van der Waals surface area contributed by atoms with Crippen LogP contribution in [0.2, 0.25) is 0 Å². The Bertz CT molecular complexity index is 441. The minimum atomic E-state index is 0.298. The summed E-state index contributed by atoms with van der Waals surface area (Å²) >= 11 is 1.66. The first kappa shape index (κ1) is 11.4. The number of thiazole rings is 1. The number of fused-ring (bicyclic) bond motifs is 1. The van der Waals surface area contributed by atoms with Gasteiger partial charge >= 0.3 is 0 Å². The van der Waals surface area contributed by atoms with E-state index in [0.717, 1.165) is 37.0 Å². The maximum atomic E-state index is 8.65. The number of nitrogens with one attached hydrogen (secondary N) is 1. The number of aromatic nitrogens is 1. The molecule has 1 heterocycles. The van der Waals surface area contributed by atoms with Gasteiger partial charge in [-0.05, 0) is 37.5 Å². The number of unbranched alkanes of at least 4 members (excludes halogenated alkanes) is 2. The first-order chi connectivity index (χ1) is 7.90. The van der Waals surface area contributed by atoms with E-state index in [2.05, 4.69) is 22.4 Å². The Balaban J connectivity index is 1.84. The summed E-state index contributed by atoms with van der Waals surface area (Å²) in [5, 5.41) is 12.0. The highest BCUT2D eigenvalue weighted by molar-refractivity contribution is 7.16. The third kappa shape index (κ3) is 2.93. The van der Waals surface area contributed by atoms with Crippen molar-refractivity contribution in [1.82, 2.24) is 4.98 Å². The van der Waals surface area contributed by atoms with Crippen LogP contribution in [0.1, 0.15) is 19.3 Å². The lowest BCUT2D eigenvalue weighted by molar-refractivity contribution is 0.283. The fraction of sp³-hybridized carbons (Fsp3) is 0.417. The predicted octanol–water partition coefficient (Wildman–Crippen LogP) is 2.87. The third-order valence-corrected chi connectivity index (χ3v) is 3.29. The summed E-state index contributed by atoms with van der Waals surface area (Å²) in [5.74, 6) is 0. The third-order valence-electron chi connectivity index (χ3n) is 2.50. The molecule has 86 valence electrons. The summed E-state index contributed by atoms with van der Waals surface area (Å²) in [6.07, 6.45) is 3.07. The molecule has 2 aromatic rings. The molecule has 2 N–H and O–H groups in total. The molecule has 3 nitrogen and oxygen atoms in total. The van der Waals surface area contributed by atoms with Crippen LogP contribution in [-0.4, -0.2) is 23.2 Å². The van der Waals surface area contributed by atoms with Gasteiger partial charge < -0.3 is 10.4 Å². The van der Waals surface area contributed by atoms with E-state index in [-0.39, 0.29) is 0 Å². The number of hydrogen-bond donors (Lipinski definition) is 2. The Labute approximate surface area is 99.1 Å². The topological polar surface area (TPSA) is 45.1 Å². The van der Waals surface area contributed by atoms with Crippen LogP contribution in [0.15, 0.2) is 23.7 Å². The Kier molecular flexibility index (Phi) is 4.13. The zero-order chi connectivity index (χ0) is 11.2. The van der Waals surface area contributed by atoms with Crippen LogP contribution in [0.3, 0.4) is 0 Å². The fourth-order valence-corrected chi connectivity index (χ4v) is 2.33. The second-order valence-electron chi connectivity index (χ2n) is 3.75. The normalized spacial score (nSPS) is 10.8. The van der Waals surface area contributed by atoms with Gasteiger partial charge in [0, 0.05) is 18.8 Å². The maximum absolute atomic E-state index is 8.65. The lowest BCUT2D eigenvalue weighted by Gasteiger charge is -2.05. The lowest BCUT2D eigenvalue weighted by atomic mass is 10.2. The standard InChI is InChI=1S/C12H16N2OS/c15-7-3-1-2-6-13-10-4-5-11-12(8-10)16-9-14-11/h4-5,8-9,13,15H,1-3,6-7H2. The van der Waals surface area contributed by atoms with Crippen molar-refractivity contribution in [1.29, 1.82) is 0 Å². The van der Waals surface area contributed by atoms with Gasteiger partial charge in [0.05, 0.1) is 15.7 Å². The predicted molar refractivity (Wildman–Crippen MR) is 69.0 cm³/mol. The van der Waals surface area contributed by atoms with Gasteiger partial charge in [-0.2, -0.15) is 0 Å². The summed E-state index contributed by atoms with van der Waals surface area (Å²) < 4.78 is 1.22. The Morgan fingerprint density at radius 1 is 1.25 bits per heavy atom. The van der Waals surface area contributed by atoms with E-state index in [4.69, 9.17) is 5.11 Å². The van der Waals surface area contributed by atoms with Gasteiger partial charge in [-0.3, -0.25) is 0 Å². The molecule has 0 bridgehead atoms. The van der Waals surface area contributed by atoms with Crippen LogP contribution in [-0.2, 0) is 0 Å². The van der Waals surface area contributed by atoms with Gasteiger partial charge in [0.1, 0.15) is 0 Å². The molecule has 0 aliphatic carbocycles. The quantitative estimate of drug-likeness (QED) is 0.758. The van der Waals surface area contributed by atoms with Gasteiger partial charge in [-0.1, -0.05) is 0 Å². The van der Waals surface area contributed by atoms with E-state index >= 15 is 0 Å². The van der Waals surface area contributed by atoms with Gasteiger partial charge in [0.15, 0.2) is 0 Å². The van der Waals surface area contributed by atoms with Crippen LogP contribution in [0.5, 0.6) is 0 Å². The number of rotatable bonds is 6. The number of benzene rings is 1. The molecule has 2 rings (SSSR count). The van der Waals surface area contributed by atoms with Gasteiger partial charge in [0.2, 0.25) is 0 Å². The Morgan fingerprint density at radius 3 is 3.06 bits per heavy atom. The van der Waals surface area contributed by atoms with Crippen molar-refractivity contribution in [3.8, 4) is 0 Å². The van der Waals surface area contributed by atoms with Crippen molar-refractivity contribution < 1.29 is 5.11 Å². The monoisotopic (exact) mass is 236 g/mol. The Hall–Kier alpha value is -1.13. The average molecular weight is 236 g/mol. The van der Waals surface area contributed by atoms with Crippen molar-refractivity contribution in [3.05, 3.63) is 23.7 Å². The molecule has 0 saturated heterocycles. The fourth-order valence-electron chi connectivity index (χ4n) is 1.61. The van der Waals surface area contributed by atoms with E-state index in [9.17, 15) is 0 Å². The zero-order valence-electron chi connectivity index (χ0n) is 9.15. The van der Waals surface area contributed by atoms with Crippen LogP contribution in [0.25, 0.3) is 10.2 Å². The Morgan fingerprint density at radius 2 is 2.19 bits per heavy atom. The van der Waals surface area contributed by atoms with Crippen molar-refractivity contribution in [2.45, 2.75) is 19.3 Å². The molecule has 16 heavy (non-hydrogen) atoms. The van der Waals surface area contributed by atoms with Crippen LogP contribution in [0, 0.1) is 0 Å². The summed E-state index contributed by atoms with van der Waals surface area (Å²) in [6, 6.07) is 6.25. The second kappa shape index (κ2) is 5.82. The molecule has 0 atom stereocenters. The average Bonchev–Trinajstić information content (AvgIpc) is 2.76. The highest BCUT2D eigenvalue weighted by Gasteiger charge is 1.97. The summed E-state index contributed by atoms with van der Waals surface area (Å²) in [4.78, 5) is 4.24. The second-order valence-corrected chi connectivity index (χ2v) is 4.63. The first-order valence-electron chi connectivity index (χ1n) is 5.58. The largest absolute Gasteiger partial charge is 0.396 e. The SMILES string of the molecule is OCCCCCNc1ccc2ncsc2c1. The number of anilines is 1.